The van der Waals surface area contributed by atoms with Crippen LogP contribution < -0.4 is 5.32 Å². The summed E-state index contributed by atoms with van der Waals surface area (Å²) in [5.41, 5.74) is 3.04. The van der Waals surface area contributed by atoms with Gasteiger partial charge in [0.2, 0.25) is 0 Å². The summed E-state index contributed by atoms with van der Waals surface area (Å²) in [4.78, 5) is 33.8. The molecule has 32 heavy (non-hydrogen) atoms. The second-order valence-corrected chi connectivity index (χ2v) is 8.78. The van der Waals surface area contributed by atoms with Gasteiger partial charge in [-0.1, -0.05) is 24.3 Å². The third kappa shape index (κ3) is 5.19. The number of piperidine rings is 1. The highest BCUT2D eigenvalue weighted by atomic mass is 16.5. The maximum atomic E-state index is 12.7. The minimum Gasteiger partial charge on any atom is -0.383 e. The molecular formula is C24H33N5O3. The summed E-state index contributed by atoms with van der Waals surface area (Å²) in [5, 5.41) is 3.03. The van der Waals surface area contributed by atoms with Gasteiger partial charge >= 0.3 is 0 Å². The van der Waals surface area contributed by atoms with Crippen LogP contribution in [0.3, 0.4) is 0 Å². The number of benzene rings is 1. The van der Waals surface area contributed by atoms with Gasteiger partial charge in [0.05, 0.1) is 6.61 Å². The van der Waals surface area contributed by atoms with Crippen molar-refractivity contribution in [3.05, 3.63) is 53.1 Å². The van der Waals surface area contributed by atoms with E-state index in [1.807, 2.05) is 0 Å². The van der Waals surface area contributed by atoms with Crippen LogP contribution in [0.5, 0.6) is 0 Å². The van der Waals surface area contributed by atoms with Crippen LogP contribution in [0.15, 0.2) is 30.5 Å². The van der Waals surface area contributed by atoms with Gasteiger partial charge in [-0.05, 0) is 49.9 Å². The van der Waals surface area contributed by atoms with Crippen LogP contribution in [-0.2, 0) is 17.8 Å². The Balaban J connectivity index is 1.25. The van der Waals surface area contributed by atoms with Crippen LogP contribution in [0.25, 0.3) is 0 Å². The average Bonchev–Trinajstić information content (AvgIpc) is 3.25. The molecule has 0 saturated carbocycles. The Morgan fingerprint density at radius 2 is 1.97 bits per heavy atom. The third-order valence-corrected chi connectivity index (χ3v) is 6.58. The Morgan fingerprint density at radius 1 is 1.19 bits per heavy atom. The quantitative estimate of drug-likeness (QED) is 0.680. The number of ether oxygens (including phenoxy) is 1. The molecule has 2 amide bonds. The lowest BCUT2D eigenvalue weighted by Crippen LogP contribution is -2.42. The number of likely N-dealkylation sites (tertiary alicyclic amines) is 1. The van der Waals surface area contributed by atoms with Crippen molar-refractivity contribution in [2.75, 3.05) is 46.4 Å². The molecule has 3 heterocycles. The summed E-state index contributed by atoms with van der Waals surface area (Å²) in [6.07, 6.45) is 3.83. The van der Waals surface area contributed by atoms with Gasteiger partial charge in [-0.25, -0.2) is 4.98 Å². The number of carbonyl (C=O) groups excluding carboxylic acids is 2. The number of nitrogens with one attached hydrogen (secondary N) is 1. The number of rotatable bonds is 8. The lowest BCUT2D eigenvalue weighted by atomic mass is 9.96. The van der Waals surface area contributed by atoms with E-state index in [0.29, 0.717) is 50.2 Å². The van der Waals surface area contributed by atoms with E-state index >= 15 is 0 Å². The van der Waals surface area contributed by atoms with Crippen LogP contribution in [0.2, 0.25) is 0 Å². The largest absolute Gasteiger partial charge is 0.383 e. The SMILES string of the molecule is COCCN1CCn2cc(C(=O)NCC3CCN(Cc4ccccc4C)CC3)nc2C1=O. The molecule has 2 aromatic rings. The predicted molar refractivity (Wildman–Crippen MR) is 122 cm³/mol. The first-order chi connectivity index (χ1) is 15.5. The standard InChI is InChI=1S/C24H33N5O3/c1-18-5-3-4-6-20(18)16-27-9-7-19(8-10-27)15-25-23(30)21-17-29-12-11-28(13-14-32-2)24(31)22(29)26-21/h3-6,17,19H,7-16H2,1-2H3,(H,25,30). The first kappa shape index (κ1) is 22.5. The van der Waals surface area contributed by atoms with Crippen molar-refractivity contribution in [3.8, 4) is 0 Å². The maximum absolute atomic E-state index is 12.7. The summed E-state index contributed by atoms with van der Waals surface area (Å²) in [7, 11) is 1.62. The van der Waals surface area contributed by atoms with E-state index in [-0.39, 0.29) is 11.8 Å². The van der Waals surface area contributed by atoms with Crippen molar-refractivity contribution in [2.24, 2.45) is 5.92 Å². The highest BCUT2D eigenvalue weighted by molar-refractivity contribution is 5.96. The van der Waals surface area contributed by atoms with Gasteiger partial charge in [0.1, 0.15) is 5.69 Å². The van der Waals surface area contributed by atoms with Gasteiger partial charge in [-0.3, -0.25) is 14.5 Å². The summed E-state index contributed by atoms with van der Waals surface area (Å²) in [6.45, 7) is 8.15. The molecule has 8 nitrogen and oxygen atoms in total. The molecule has 2 aliphatic rings. The summed E-state index contributed by atoms with van der Waals surface area (Å²) in [5.74, 6) is 0.455. The number of fused-ring (bicyclic) bond motifs is 1. The molecule has 8 heteroatoms. The second-order valence-electron chi connectivity index (χ2n) is 8.78. The topological polar surface area (TPSA) is 79.7 Å². The fourth-order valence-corrected chi connectivity index (χ4v) is 4.46. The number of nitrogens with zero attached hydrogens (tertiary/aromatic N) is 4. The smallest absolute Gasteiger partial charge is 0.290 e. The molecule has 1 aromatic heterocycles. The minimum absolute atomic E-state index is 0.145. The predicted octanol–water partition coefficient (Wildman–Crippen LogP) is 1.94. The molecule has 1 N–H and O–H groups in total. The number of aromatic nitrogens is 2. The molecule has 0 radical (unpaired) electrons. The van der Waals surface area contributed by atoms with Crippen molar-refractivity contribution in [1.82, 2.24) is 24.7 Å². The van der Waals surface area contributed by atoms with E-state index in [4.69, 9.17) is 4.74 Å². The van der Waals surface area contributed by atoms with Gasteiger partial charge < -0.3 is 19.5 Å². The molecule has 0 atom stereocenters. The van der Waals surface area contributed by atoms with E-state index in [0.717, 1.165) is 32.5 Å². The minimum atomic E-state index is -0.203. The number of methoxy groups -OCH3 is 1. The molecule has 1 fully saturated rings. The zero-order chi connectivity index (χ0) is 22.5. The summed E-state index contributed by atoms with van der Waals surface area (Å²) in [6, 6.07) is 8.55. The Morgan fingerprint density at radius 3 is 2.72 bits per heavy atom. The van der Waals surface area contributed by atoms with Crippen molar-refractivity contribution < 1.29 is 14.3 Å². The number of carbonyl (C=O) groups is 2. The Labute approximate surface area is 189 Å². The fraction of sp³-hybridized carbons (Fsp3) is 0.542. The fourth-order valence-electron chi connectivity index (χ4n) is 4.46. The Kier molecular flexibility index (Phi) is 7.22. The van der Waals surface area contributed by atoms with Gasteiger partial charge in [-0.2, -0.15) is 0 Å². The third-order valence-electron chi connectivity index (χ3n) is 6.58. The van der Waals surface area contributed by atoms with E-state index in [9.17, 15) is 9.59 Å². The van der Waals surface area contributed by atoms with Crippen LogP contribution in [0.1, 0.15) is 45.1 Å². The number of amides is 2. The molecule has 2 aliphatic heterocycles. The lowest BCUT2D eigenvalue weighted by molar-refractivity contribution is 0.0633. The highest BCUT2D eigenvalue weighted by Gasteiger charge is 2.28. The molecule has 0 bridgehead atoms. The van der Waals surface area contributed by atoms with Gasteiger partial charge in [-0.15, -0.1) is 0 Å². The Hall–Kier alpha value is -2.71. The van der Waals surface area contributed by atoms with E-state index in [1.54, 1.807) is 22.8 Å². The number of aryl methyl sites for hydroxylation is 1. The molecule has 1 aromatic carbocycles. The zero-order valence-electron chi connectivity index (χ0n) is 19.0. The monoisotopic (exact) mass is 439 g/mol. The first-order valence-electron chi connectivity index (χ1n) is 11.5. The second kappa shape index (κ2) is 10.3. The lowest BCUT2D eigenvalue weighted by Gasteiger charge is -2.32. The normalized spacial score (nSPS) is 17.4. The highest BCUT2D eigenvalue weighted by Crippen LogP contribution is 2.20. The first-order valence-corrected chi connectivity index (χ1v) is 11.5. The van der Waals surface area contributed by atoms with E-state index in [1.165, 1.54) is 11.1 Å². The molecule has 4 rings (SSSR count). The Bertz CT molecular complexity index is 949. The number of hydrogen-bond donors (Lipinski definition) is 1. The van der Waals surface area contributed by atoms with Crippen LogP contribution in [0.4, 0.5) is 0 Å². The van der Waals surface area contributed by atoms with Crippen molar-refractivity contribution in [3.63, 3.8) is 0 Å². The number of hydrogen-bond acceptors (Lipinski definition) is 5. The van der Waals surface area contributed by atoms with Crippen molar-refractivity contribution >= 4 is 11.8 Å². The van der Waals surface area contributed by atoms with E-state index in [2.05, 4.69) is 46.4 Å². The maximum Gasteiger partial charge on any atom is 0.290 e. The van der Waals surface area contributed by atoms with Crippen LogP contribution >= 0.6 is 0 Å². The van der Waals surface area contributed by atoms with Crippen molar-refractivity contribution in [2.45, 2.75) is 32.9 Å². The molecule has 0 unspecified atom stereocenters. The molecule has 172 valence electrons. The van der Waals surface area contributed by atoms with Gasteiger partial charge in [0.25, 0.3) is 11.8 Å². The molecular weight excluding hydrogens is 406 g/mol. The molecule has 0 spiro atoms. The van der Waals surface area contributed by atoms with Crippen LogP contribution in [0, 0.1) is 12.8 Å². The van der Waals surface area contributed by atoms with Crippen molar-refractivity contribution in [1.29, 1.82) is 0 Å². The average molecular weight is 440 g/mol. The van der Waals surface area contributed by atoms with Gasteiger partial charge in [0, 0.05) is 46.0 Å². The zero-order valence-corrected chi connectivity index (χ0v) is 19.0. The summed E-state index contributed by atoms with van der Waals surface area (Å²) < 4.78 is 6.85. The molecule has 1 saturated heterocycles. The number of imidazole rings is 1. The van der Waals surface area contributed by atoms with E-state index < -0.39 is 0 Å². The van der Waals surface area contributed by atoms with Gasteiger partial charge in [0.15, 0.2) is 5.82 Å². The van der Waals surface area contributed by atoms with Crippen LogP contribution in [-0.4, -0.2) is 77.6 Å². The summed E-state index contributed by atoms with van der Waals surface area (Å²) >= 11 is 0. The molecule has 0 aliphatic carbocycles.